The number of aliphatic imine (C=N–C) groups is 1. The van der Waals surface area contributed by atoms with Gasteiger partial charge in [-0.15, -0.1) is 0 Å². The van der Waals surface area contributed by atoms with Gasteiger partial charge in [-0.3, -0.25) is 20.4 Å². The standard InChI is InChI=1S/C18H19ClF4N4O2/c19-11-2-1-10(3-12(11)20)29-6-15(28)27-17-7-16(8-17,9-17)26-14-5-24-4-13(25-14)18(21,22)23/h1-4,13-14,25-26H,5-9H2,(H,27,28). The van der Waals surface area contributed by atoms with Crippen molar-refractivity contribution in [1.29, 1.82) is 0 Å². The van der Waals surface area contributed by atoms with Crippen LogP contribution in [-0.2, 0) is 4.79 Å². The Bertz CT molecular complexity index is 828. The lowest BCUT2D eigenvalue weighted by Gasteiger charge is -2.71. The van der Waals surface area contributed by atoms with E-state index < -0.39 is 24.2 Å². The van der Waals surface area contributed by atoms with Crippen LogP contribution < -0.4 is 20.7 Å². The van der Waals surface area contributed by atoms with E-state index in [1.165, 1.54) is 12.1 Å². The zero-order valence-corrected chi connectivity index (χ0v) is 15.9. The van der Waals surface area contributed by atoms with Crippen molar-refractivity contribution in [2.24, 2.45) is 4.99 Å². The van der Waals surface area contributed by atoms with Gasteiger partial charge in [0.1, 0.15) is 17.6 Å². The Balaban J connectivity index is 1.21. The highest BCUT2D eigenvalue weighted by molar-refractivity contribution is 6.30. The molecule has 6 nitrogen and oxygen atoms in total. The van der Waals surface area contributed by atoms with Crippen molar-refractivity contribution in [3.05, 3.63) is 29.0 Å². The second-order valence-electron chi connectivity index (χ2n) is 7.90. The fourth-order valence-corrected chi connectivity index (χ4v) is 4.46. The lowest BCUT2D eigenvalue weighted by Crippen LogP contribution is -2.85. The number of nitrogens with zero attached hydrogens (tertiary/aromatic N) is 1. The number of ether oxygens (including phenoxy) is 1. The Morgan fingerprint density at radius 2 is 2.03 bits per heavy atom. The summed E-state index contributed by atoms with van der Waals surface area (Å²) in [5.74, 6) is -0.780. The predicted molar refractivity (Wildman–Crippen MR) is 97.6 cm³/mol. The number of rotatable bonds is 6. The Labute approximate surface area is 169 Å². The molecule has 3 fully saturated rings. The molecule has 3 aliphatic carbocycles. The number of carbonyl (C=O) groups is 1. The maximum Gasteiger partial charge on any atom is 0.408 e. The largest absolute Gasteiger partial charge is 0.484 e. The minimum Gasteiger partial charge on any atom is -0.484 e. The summed E-state index contributed by atoms with van der Waals surface area (Å²) in [6.07, 6.45) is -2.19. The number of amides is 1. The maximum atomic E-state index is 13.4. The van der Waals surface area contributed by atoms with Crippen LogP contribution in [-0.4, -0.2) is 54.7 Å². The normalized spacial score (nSPS) is 32.9. The van der Waals surface area contributed by atoms with Crippen LogP contribution in [0.15, 0.2) is 23.2 Å². The van der Waals surface area contributed by atoms with Crippen molar-refractivity contribution in [3.8, 4) is 5.75 Å². The SMILES string of the molecule is O=C(COc1ccc(Cl)c(F)c1)NC12CC(NC3CN=CC(C(F)(F)F)N3)(C1)C2. The molecule has 1 aromatic carbocycles. The molecule has 1 amide bonds. The summed E-state index contributed by atoms with van der Waals surface area (Å²) < 4.78 is 57.1. The van der Waals surface area contributed by atoms with Crippen LogP contribution in [0.3, 0.4) is 0 Å². The fraction of sp³-hybridized carbons (Fsp3) is 0.556. The molecule has 1 aromatic rings. The van der Waals surface area contributed by atoms with E-state index in [0.29, 0.717) is 19.3 Å². The Morgan fingerprint density at radius 3 is 2.69 bits per heavy atom. The van der Waals surface area contributed by atoms with Gasteiger partial charge >= 0.3 is 6.18 Å². The van der Waals surface area contributed by atoms with Gasteiger partial charge in [-0.2, -0.15) is 13.2 Å². The zero-order chi connectivity index (χ0) is 20.9. The molecule has 1 heterocycles. The molecule has 4 aliphatic rings. The number of hydrogen-bond acceptors (Lipinski definition) is 5. The van der Waals surface area contributed by atoms with E-state index in [9.17, 15) is 22.4 Å². The lowest BCUT2D eigenvalue weighted by atomic mass is 9.44. The Kier molecular flexibility index (Phi) is 4.99. The third-order valence-corrected chi connectivity index (χ3v) is 5.76. The van der Waals surface area contributed by atoms with Crippen molar-refractivity contribution >= 4 is 23.7 Å². The molecule has 158 valence electrons. The number of halogens is 5. The van der Waals surface area contributed by atoms with Crippen LogP contribution in [0.5, 0.6) is 5.75 Å². The molecule has 11 heteroatoms. The highest BCUT2D eigenvalue weighted by atomic mass is 35.5. The molecule has 3 saturated carbocycles. The van der Waals surface area contributed by atoms with Gasteiger partial charge in [-0.25, -0.2) is 4.39 Å². The minimum absolute atomic E-state index is 0.0341. The third-order valence-electron chi connectivity index (χ3n) is 5.45. The first-order valence-corrected chi connectivity index (χ1v) is 9.45. The monoisotopic (exact) mass is 434 g/mol. The first-order chi connectivity index (χ1) is 13.6. The second kappa shape index (κ2) is 7.10. The Morgan fingerprint density at radius 1 is 1.31 bits per heavy atom. The zero-order valence-electron chi connectivity index (χ0n) is 15.2. The molecule has 0 saturated heterocycles. The van der Waals surface area contributed by atoms with Crippen molar-refractivity contribution in [2.45, 2.75) is 48.7 Å². The van der Waals surface area contributed by atoms with Gasteiger partial charge in [-0.1, -0.05) is 11.6 Å². The quantitative estimate of drug-likeness (QED) is 0.600. The molecule has 2 atom stereocenters. The first-order valence-electron chi connectivity index (χ1n) is 9.08. The van der Waals surface area contributed by atoms with E-state index in [0.717, 1.165) is 12.3 Å². The summed E-state index contributed by atoms with van der Waals surface area (Å²) >= 11 is 5.59. The molecule has 0 radical (unpaired) electrons. The third kappa shape index (κ3) is 4.19. The van der Waals surface area contributed by atoms with Gasteiger partial charge in [0.15, 0.2) is 6.61 Å². The summed E-state index contributed by atoms with van der Waals surface area (Å²) in [5.41, 5.74) is -0.645. The van der Waals surface area contributed by atoms with Crippen LogP contribution in [0.25, 0.3) is 0 Å². The Hall–Kier alpha value is -1.91. The molecule has 2 unspecified atom stereocenters. The summed E-state index contributed by atoms with van der Waals surface area (Å²) in [4.78, 5) is 15.9. The molecule has 3 N–H and O–H groups in total. The fourth-order valence-electron chi connectivity index (χ4n) is 4.34. The highest BCUT2D eigenvalue weighted by Gasteiger charge is 2.69. The van der Waals surface area contributed by atoms with Crippen LogP contribution in [0.4, 0.5) is 17.6 Å². The number of alkyl halides is 3. The van der Waals surface area contributed by atoms with E-state index >= 15 is 0 Å². The average molecular weight is 435 g/mol. The summed E-state index contributed by atoms with van der Waals surface area (Å²) in [6.45, 7) is -0.0470. The van der Waals surface area contributed by atoms with Crippen LogP contribution in [0.1, 0.15) is 19.3 Å². The smallest absolute Gasteiger partial charge is 0.408 e. The first kappa shape index (κ1) is 20.4. The highest BCUT2D eigenvalue weighted by Crippen LogP contribution is 2.60. The van der Waals surface area contributed by atoms with Crippen LogP contribution in [0.2, 0.25) is 5.02 Å². The number of nitrogens with one attached hydrogen (secondary N) is 3. The predicted octanol–water partition coefficient (Wildman–Crippen LogP) is 2.17. The van der Waals surface area contributed by atoms with Crippen LogP contribution in [0, 0.1) is 5.82 Å². The molecule has 5 rings (SSSR count). The maximum absolute atomic E-state index is 13.4. The van der Waals surface area contributed by atoms with E-state index in [1.807, 2.05) is 0 Å². The van der Waals surface area contributed by atoms with E-state index in [-0.39, 0.29) is 40.9 Å². The summed E-state index contributed by atoms with van der Waals surface area (Å²) in [6, 6.07) is 2.15. The van der Waals surface area contributed by atoms with Gasteiger partial charge in [0.05, 0.1) is 17.7 Å². The topological polar surface area (TPSA) is 74.8 Å². The molecular weight excluding hydrogens is 416 g/mol. The molecule has 0 aromatic heterocycles. The van der Waals surface area contributed by atoms with E-state index in [4.69, 9.17) is 16.3 Å². The second-order valence-corrected chi connectivity index (χ2v) is 8.31. The number of benzene rings is 1. The van der Waals surface area contributed by atoms with E-state index in [1.54, 1.807) is 0 Å². The van der Waals surface area contributed by atoms with Crippen molar-refractivity contribution in [1.82, 2.24) is 16.0 Å². The summed E-state index contributed by atoms with van der Waals surface area (Å²) in [5, 5.41) is 8.58. The van der Waals surface area contributed by atoms with E-state index in [2.05, 4.69) is 20.9 Å². The minimum atomic E-state index is -4.38. The van der Waals surface area contributed by atoms with Gasteiger partial charge < -0.3 is 10.1 Å². The van der Waals surface area contributed by atoms with Gasteiger partial charge in [0.25, 0.3) is 5.91 Å². The molecule has 1 aliphatic heterocycles. The van der Waals surface area contributed by atoms with Gasteiger partial charge in [0.2, 0.25) is 0 Å². The molecule has 29 heavy (non-hydrogen) atoms. The summed E-state index contributed by atoms with van der Waals surface area (Å²) in [7, 11) is 0. The molecule has 0 spiro atoms. The molecular formula is C18H19ClF4N4O2. The van der Waals surface area contributed by atoms with Gasteiger partial charge in [-0.05, 0) is 31.4 Å². The van der Waals surface area contributed by atoms with Crippen molar-refractivity contribution in [3.63, 3.8) is 0 Å². The lowest BCUT2D eigenvalue weighted by molar-refractivity contribution is -0.153. The van der Waals surface area contributed by atoms with Gasteiger partial charge in [0, 0.05) is 23.4 Å². The molecule has 2 bridgehead atoms. The number of hydrogen-bond donors (Lipinski definition) is 3. The van der Waals surface area contributed by atoms with Crippen LogP contribution >= 0.6 is 11.6 Å². The van der Waals surface area contributed by atoms with Crippen molar-refractivity contribution in [2.75, 3.05) is 13.2 Å². The average Bonchev–Trinajstić information content (AvgIpc) is 2.59. The number of carbonyl (C=O) groups excluding carboxylic acids is 1. The van der Waals surface area contributed by atoms with Crippen molar-refractivity contribution < 1.29 is 27.1 Å².